The molecule has 0 aliphatic heterocycles. The molecule has 0 amide bonds. The van der Waals surface area contributed by atoms with Gasteiger partial charge in [0.05, 0.1) is 21.1 Å². The minimum Gasteiger partial charge on any atom is -0.412 e. The molecular formula is C10H22MnN4S6. The van der Waals surface area contributed by atoms with Crippen LogP contribution < -0.4 is 15.5 Å². The molecule has 3 N–H and O–H groups in total. The molecule has 1 radical (unpaired) electrons. The van der Waals surface area contributed by atoms with E-state index in [9.17, 15) is 0 Å². The molecular weight excluding hydrogens is 423 g/mol. The molecule has 0 saturated heterocycles. The van der Waals surface area contributed by atoms with Crippen molar-refractivity contribution in [1.29, 1.82) is 0 Å². The van der Waals surface area contributed by atoms with Crippen molar-refractivity contribution in [2.24, 2.45) is 0 Å². The first-order valence-corrected chi connectivity index (χ1v) is 8.00. The van der Waals surface area contributed by atoms with E-state index in [0.717, 1.165) is 0 Å². The van der Waals surface area contributed by atoms with Gasteiger partial charge in [-0.05, 0) is 0 Å². The van der Waals surface area contributed by atoms with Crippen molar-refractivity contribution in [2.75, 3.05) is 48.3 Å². The summed E-state index contributed by atoms with van der Waals surface area (Å²) in [6.07, 6.45) is 0. The number of hydrogen-bond donors (Lipinski definition) is 3. The van der Waals surface area contributed by atoms with Gasteiger partial charge in [-0.15, -0.1) is 0 Å². The molecule has 4 nitrogen and oxygen atoms in total. The average Bonchev–Trinajstić information content (AvgIpc) is 2.23. The van der Waals surface area contributed by atoms with E-state index < -0.39 is 0 Å². The van der Waals surface area contributed by atoms with Crippen LogP contribution in [0.3, 0.4) is 0 Å². The maximum atomic E-state index is 4.59. The molecule has 11 heteroatoms. The maximum absolute atomic E-state index is 4.59. The van der Waals surface area contributed by atoms with Crippen LogP contribution in [0.15, 0.2) is 0 Å². The first-order chi connectivity index (χ1) is 9.00. The van der Waals surface area contributed by atoms with Crippen LogP contribution in [-0.2, 0) is 55.0 Å². The van der Waals surface area contributed by atoms with E-state index >= 15 is 0 Å². The first kappa shape index (κ1) is 29.8. The van der Waals surface area contributed by atoms with Crippen LogP contribution in [0.4, 0.5) is 0 Å². The van der Waals surface area contributed by atoms with Gasteiger partial charge in [-0.2, -0.15) is 0 Å². The summed E-state index contributed by atoms with van der Waals surface area (Å²) in [6, 6.07) is 0. The Balaban J connectivity index is -0.000000113. The van der Waals surface area contributed by atoms with Gasteiger partial charge in [0.15, 0.2) is 0 Å². The molecule has 125 valence electrons. The summed E-state index contributed by atoms with van der Waals surface area (Å²) < 4.78 is 1.25. The summed E-state index contributed by atoms with van der Waals surface area (Å²) in [5, 5.41) is 5.56. The van der Waals surface area contributed by atoms with Crippen molar-refractivity contribution >= 4 is 87.5 Å². The van der Waals surface area contributed by atoms with Gasteiger partial charge >= 0.3 is 17.1 Å². The standard InChI is InChI=1S/C4H8N2S4.C3H7NS2.C3H9N.Mn/c7-3(8)5-1-2-6-4(9)10;1-4(2)3(5)6;1-4(2)3;/h1-2H2,(H2,5,7,8)(H2,6,9,10);1-2H3,(H,5,6);1-3H3;/q;;;+2/p-2. The van der Waals surface area contributed by atoms with Crippen LogP contribution in [0.1, 0.15) is 0 Å². The van der Waals surface area contributed by atoms with Crippen LogP contribution in [0.25, 0.3) is 0 Å². The van der Waals surface area contributed by atoms with Gasteiger partial charge in [0.2, 0.25) is 0 Å². The van der Waals surface area contributed by atoms with Crippen LogP contribution in [-0.4, -0.2) is 66.2 Å². The normalized spacial score (nSPS) is 7.90. The van der Waals surface area contributed by atoms with Gasteiger partial charge < -0.3 is 95.0 Å². The van der Waals surface area contributed by atoms with Gasteiger partial charge in [-0.1, -0.05) is 13.0 Å². The van der Waals surface area contributed by atoms with Crippen LogP contribution in [0.2, 0.25) is 0 Å². The van der Waals surface area contributed by atoms with Gasteiger partial charge in [0.1, 0.15) is 0 Å². The molecule has 0 aliphatic carbocycles. The number of rotatable bonds is 3. The van der Waals surface area contributed by atoms with Gasteiger partial charge in [0.25, 0.3) is 0 Å². The van der Waals surface area contributed by atoms with Crippen molar-refractivity contribution in [1.82, 2.24) is 15.5 Å². The Morgan fingerprint density at radius 3 is 1.19 bits per heavy atom. The molecule has 0 heterocycles. The molecule has 0 aromatic rings. The zero-order valence-corrected chi connectivity index (χ0v) is 18.8. The molecule has 0 rings (SSSR count). The monoisotopic (exact) mass is 445 g/mol. The van der Waals surface area contributed by atoms with E-state index in [1.165, 1.54) is 4.90 Å². The zero-order chi connectivity index (χ0) is 16.7. The summed E-state index contributed by atoms with van der Waals surface area (Å²) in [5.41, 5.74) is 0. The van der Waals surface area contributed by atoms with Crippen LogP contribution in [0.5, 0.6) is 0 Å². The third-order valence-electron chi connectivity index (χ3n) is 1.03. The Morgan fingerprint density at radius 1 is 0.905 bits per heavy atom. The summed E-state index contributed by atoms with van der Waals surface area (Å²) in [4.78, 5) is 3.13. The van der Waals surface area contributed by atoms with E-state index in [1.54, 1.807) is 4.90 Å². The Bertz CT molecular complexity index is 270. The second-order valence-corrected chi connectivity index (χ2v) is 7.27. The molecule has 0 aromatic heterocycles. The van der Waals surface area contributed by atoms with Crippen LogP contribution >= 0.6 is 36.7 Å². The van der Waals surface area contributed by atoms with Crippen molar-refractivity contribution in [3.05, 3.63) is 0 Å². The van der Waals surface area contributed by atoms with Crippen molar-refractivity contribution in [3.8, 4) is 0 Å². The Hall–Kier alpha value is 0.809. The zero-order valence-electron chi connectivity index (χ0n) is 12.7. The fraction of sp³-hybridized carbons (Fsp3) is 0.700. The number of nitrogens with zero attached hydrogens (tertiary/aromatic N) is 1. The molecule has 0 spiro atoms. The third-order valence-corrected chi connectivity index (χ3v) is 2.34. The Morgan fingerprint density at radius 2 is 1.10 bits per heavy atom. The van der Waals surface area contributed by atoms with Gasteiger partial charge in [-0.3, -0.25) is 0 Å². The first-order valence-electron chi connectivity index (χ1n) is 5.55. The molecule has 0 fully saturated rings. The summed E-state index contributed by atoms with van der Waals surface area (Å²) in [5.74, 6) is 0. The van der Waals surface area contributed by atoms with E-state index in [0.29, 0.717) is 26.1 Å². The van der Waals surface area contributed by atoms with Gasteiger partial charge in [-0.25, -0.2) is 0 Å². The molecule has 0 saturated carbocycles. The number of nitrogens with one attached hydrogen (secondary N) is 3. The SMILES string of the molecule is CN(C)C(=S)[S-].C[NH+](C)C.S=C([S-])NCCNC(=S)[S-].[Mn+2]. The van der Waals surface area contributed by atoms with E-state index in [-0.39, 0.29) is 17.1 Å². The smallest absolute Gasteiger partial charge is 0.412 e. The Labute approximate surface area is 172 Å². The van der Waals surface area contributed by atoms with Crippen LogP contribution in [0, 0.1) is 0 Å². The average molecular weight is 446 g/mol. The molecule has 0 aliphatic rings. The molecule has 0 aromatic carbocycles. The van der Waals surface area contributed by atoms with E-state index in [4.69, 9.17) is 0 Å². The van der Waals surface area contributed by atoms with E-state index in [1.807, 2.05) is 14.1 Å². The number of hydrogen-bond acceptors (Lipinski definition) is 6. The summed E-state index contributed by atoms with van der Waals surface area (Å²) >= 11 is 27.5. The minimum absolute atomic E-state index is 0. The second kappa shape index (κ2) is 20.8. The predicted molar refractivity (Wildman–Crippen MR) is 108 cm³/mol. The summed E-state index contributed by atoms with van der Waals surface area (Å²) in [6.45, 7) is 1.33. The Kier molecular flexibility index (Phi) is 29.5. The molecule has 0 bridgehead atoms. The fourth-order valence-corrected chi connectivity index (χ4v) is 0.737. The second-order valence-electron chi connectivity index (χ2n) is 4.09. The summed E-state index contributed by atoms with van der Waals surface area (Å²) in [7, 11) is 9.91. The van der Waals surface area contributed by atoms with Crippen molar-refractivity contribution < 1.29 is 22.0 Å². The molecule has 21 heavy (non-hydrogen) atoms. The van der Waals surface area contributed by atoms with Gasteiger partial charge in [0, 0.05) is 27.2 Å². The maximum Gasteiger partial charge on any atom is 2.00 e. The number of quaternary nitrogens is 1. The van der Waals surface area contributed by atoms with E-state index in [2.05, 4.69) is 106 Å². The quantitative estimate of drug-likeness (QED) is 0.219. The topological polar surface area (TPSA) is 31.7 Å². The van der Waals surface area contributed by atoms with Crippen molar-refractivity contribution in [3.63, 3.8) is 0 Å². The molecule has 0 atom stereocenters. The largest absolute Gasteiger partial charge is 2.00 e. The third kappa shape index (κ3) is 52.8. The minimum atomic E-state index is 0. The fourth-order valence-electron chi connectivity index (χ4n) is 0.329. The molecule has 0 unspecified atom stereocenters. The van der Waals surface area contributed by atoms with Crippen molar-refractivity contribution in [2.45, 2.75) is 0 Å². The predicted octanol–water partition coefficient (Wildman–Crippen LogP) is -1.03. The number of thiocarbonyl (C=S) groups is 3.